The third-order valence-electron chi connectivity index (χ3n) is 7.78. The molecule has 0 unspecified atom stereocenters. The van der Waals surface area contributed by atoms with Gasteiger partial charge in [0.05, 0.1) is 6.61 Å². The molecule has 0 bridgehead atoms. The van der Waals surface area contributed by atoms with Gasteiger partial charge in [-0.15, -0.1) is 0 Å². The van der Waals surface area contributed by atoms with E-state index in [0.717, 1.165) is 19.4 Å². The number of hydrogen-bond donors (Lipinski definition) is 1. The van der Waals surface area contributed by atoms with Crippen LogP contribution in [0.5, 0.6) is 0 Å². The van der Waals surface area contributed by atoms with E-state index < -0.39 is 0 Å². The number of hydrogen-bond acceptors (Lipinski definition) is 3. The van der Waals surface area contributed by atoms with E-state index >= 15 is 0 Å². The Bertz CT molecular complexity index is 628. The molecule has 0 radical (unpaired) electrons. The first-order valence-electron chi connectivity index (χ1n) is 18.1. The lowest BCUT2D eigenvalue weighted by molar-refractivity contribution is -0.139. The molecule has 0 fully saturated rings. The summed E-state index contributed by atoms with van der Waals surface area (Å²) in [6.45, 7) is 16.5. The molecule has 0 heterocycles. The van der Waals surface area contributed by atoms with Crippen LogP contribution in [-0.4, -0.2) is 25.0 Å². The van der Waals surface area contributed by atoms with Crippen molar-refractivity contribution in [3.05, 3.63) is 24.3 Å². The molecule has 4 heteroatoms. The number of carbonyl (C=O) groups is 2. The Balaban J connectivity index is 0. The Kier molecular flexibility index (Phi) is 36.1. The van der Waals surface area contributed by atoms with Gasteiger partial charge in [0.15, 0.2) is 0 Å². The van der Waals surface area contributed by atoms with Gasteiger partial charge in [0, 0.05) is 17.7 Å². The Morgan fingerprint density at radius 3 is 1.10 bits per heavy atom. The molecule has 0 rings (SSSR count). The lowest BCUT2D eigenvalue weighted by Crippen LogP contribution is -2.24. The van der Waals surface area contributed by atoms with Crippen molar-refractivity contribution in [1.82, 2.24) is 5.32 Å². The summed E-state index contributed by atoms with van der Waals surface area (Å²) in [6, 6.07) is 0. The fourth-order valence-corrected chi connectivity index (χ4v) is 4.90. The van der Waals surface area contributed by atoms with Gasteiger partial charge in [0.25, 0.3) is 0 Å². The topological polar surface area (TPSA) is 55.4 Å². The highest BCUT2D eigenvalue weighted by atomic mass is 16.5. The van der Waals surface area contributed by atoms with Crippen LogP contribution in [0.1, 0.15) is 195 Å². The molecule has 1 N–H and O–H groups in total. The molecule has 0 aromatic rings. The zero-order chi connectivity index (χ0) is 31.5. The van der Waals surface area contributed by atoms with Crippen LogP contribution >= 0.6 is 0 Å². The maximum Gasteiger partial charge on any atom is 0.333 e. The molecule has 0 aliphatic heterocycles. The van der Waals surface area contributed by atoms with Crippen LogP contribution in [0.4, 0.5) is 0 Å². The summed E-state index contributed by atoms with van der Waals surface area (Å²) < 4.78 is 5.06. The van der Waals surface area contributed by atoms with Crippen LogP contribution < -0.4 is 5.32 Å². The van der Waals surface area contributed by atoms with Crippen LogP contribution in [0.15, 0.2) is 24.3 Å². The molecule has 4 nitrogen and oxygen atoms in total. The summed E-state index contributed by atoms with van der Waals surface area (Å²) in [7, 11) is 0. The second-order valence-electron chi connectivity index (χ2n) is 12.4. The summed E-state index contributed by atoms with van der Waals surface area (Å²) in [6.07, 6.45) is 35.0. The number of amides is 1. The van der Waals surface area contributed by atoms with Gasteiger partial charge in [-0.3, -0.25) is 4.79 Å². The maximum absolute atomic E-state index is 11.3. The van der Waals surface area contributed by atoms with Gasteiger partial charge in [-0.1, -0.05) is 181 Å². The van der Waals surface area contributed by atoms with Gasteiger partial charge in [-0.05, 0) is 26.7 Å². The fraction of sp³-hybridized carbons (Fsp3) is 0.842. The minimum atomic E-state index is -0.256. The number of esters is 1. The highest BCUT2D eigenvalue weighted by Gasteiger charge is 2.02. The maximum atomic E-state index is 11.3. The average Bonchev–Trinajstić information content (AvgIpc) is 2.97. The molecule has 0 spiro atoms. The van der Waals surface area contributed by atoms with Crippen molar-refractivity contribution in [2.45, 2.75) is 195 Å². The van der Waals surface area contributed by atoms with Crippen LogP contribution in [0, 0.1) is 0 Å². The monoisotopic (exact) mass is 592 g/mol. The number of rotatable bonds is 30. The van der Waals surface area contributed by atoms with Crippen molar-refractivity contribution in [2.75, 3.05) is 13.2 Å². The molecular weight excluding hydrogens is 518 g/mol. The van der Waals surface area contributed by atoms with E-state index in [-0.39, 0.29) is 11.9 Å². The minimum absolute atomic E-state index is 0.00491. The minimum Gasteiger partial charge on any atom is -0.462 e. The second-order valence-corrected chi connectivity index (χ2v) is 12.4. The first-order chi connectivity index (χ1) is 20.4. The third kappa shape index (κ3) is 36.4. The van der Waals surface area contributed by atoms with Crippen molar-refractivity contribution in [3.8, 4) is 0 Å². The zero-order valence-electron chi connectivity index (χ0n) is 28.9. The highest BCUT2D eigenvalue weighted by molar-refractivity contribution is 5.92. The first-order valence-corrected chi connectivity index (χ1v) is 18.1. The molecule has 42 heavy (non-hydrogen) atoms. The van der Waals surface area contributed by atoms with E-state index in [1.165, 1.54) is 154 Å². The largest absolute Gasteiger partial charge is 0.462 e. The Morgan fingerprint density at radius 1 is 0.476 bits per heavy atom. The summed E-state index contributed by atoms with van der Waals surface area (Å²) >= 11 is 0. The smallest absolute Gasteiger partial charge is 0.333 e. The van der Waals surface area contributed by atoms with Crippen LogP contribution in [0.3, 0.4) is 0 Å². The molecule has 0 saturated carbocycles. The predicted molar refractivity (Wildman–Crippen MR) is 185 cm³/mol. The lowest BCUT2D eigenvalue weighted by atomic mass is 10.0. The number of carbonyl (C=O) groups excluding carboxylic acids is 2. The normalized spacial score (nSPS) is 10.6. The molecular formula is C38H73NO3. The highest BCUT2D eigenvalue weighted by Crippen LogP contribution is 2.13. The van der Waals surface area contributed by atoms with Crippen LogP contribution in [0.25, 0.3) is 0 Å². The zero-order valence-corrected chi connectivity index (χ0v) is 28.9. The van der Waals surface area contributed by atoms with Crippen molar-refractivity contribution >= 4 is 11.9 Å². The van der Waals surface area contributed by atoms with E-state index in [0.29, 0.717) is 17.8 Å². The SMILES string of the molecule is C=C(C)C(=O)NCCCCCCCCCCCCCCCC.C=C(C)C(=O)OCCCCCCCCCCCCCC. The standard InChI is InChI=1S/C20H39NO.C18H34O2/c1-4-5-6-7-8-9-10-11-12-13-14-15-16-17-18-21-20(22)19(2)3;1-4-5-6-7-8-9-10-11-12-13-14-15-16-20-18(19)17(2)3/h2,4-18H2,1,3H3,(H,21,22);2,4-16H2,1,3H3. The average molecular weight is 592 g/mol. The van der Waals surface area contributed by atoms with Gasteiger partial charge < -0.3 is 10.1 Å². The first kappa shape index (κ1) is 42.6. The van der Waals surface area contributed by atoms with E-state index in [2.05, 4.69) is 32.3 Å². The van der Waals surface area contributed by atoms with E-state index in [9.17, 15) is 9.59 Å². The predicted octanol–water partition coefficient (Wildman–Crippen LogP) is 12.0. The van der Waals surface area contributed by atoms with E-state index in [1.807, 2.05) is 0 Å². The quantitative estimate of drug-likeness (QED) is 0.0513. The summed E-state index contributed by atoms with van der Waals surface area (Å²) in [5, 5.41) is 2.89. The molecule has 0 atom stereocenters. The molecule has 248 valence electrons. The van der Waals surface area contributed by atoms with Crippen LogP contribution in [-0.2, 0) is 14.3 Å². The molecule has 0 aliphatic carbocycles. The van der Waals surface area contributed by atoms with Gasteiger partial charge in [0.1, 0.15) is 0 Å². The Labute approximate surface area is 263 Å². The van der Waals surface area contributed by atoms with Crippen LogP contribution in [0.2, 0.25) is 0 Å². The molecule has 0 saturated heterocycles. The summed E-state index contributed by atoms with van der Waals surface area (Å²) in [5.41, 5.74) is 1.09. The summed E-state index contributed by atoms with van der Waals surface area (Å²) in [4.78, 5) is 22.4. The Morgan fingerprint density at radius 2 is 0.786 bits per heavy atom. The fourth-order valence-electron chi connectivity index (χ4n) is 4.90. The number of nitrogens with one attached hydrogen (secondary N) is 1. The second kappa shape index (κ2) is 35.6. The van der Waals surface area contributed by atoms with Crippen molar-refractivity contribution < 1.29 is 14.3 Å². The van der Waals surface area contributed by atoms with Crippen molar-refractivity contribution in [1.29, 1.82) is 0 Å². The molecule has 1 amide bonds. The number of unbranched alkanes of at least 4 members (excludes halogenated alkanes) is 24. The number of ether oxygens (including phenoxy) is 1. The van der Waals surface area contributed by atoms with Crippen molar-refractivity contribution in [3.63, 3.8) is 0 Å². The van der Waals surface area contributed by atoms with Gasteiger partial charge >= 0.3 is 5.97 Å². The van der Waals surface area contributed by atoms with Crippen molar-refractivity contribution in [2.24, 2.45) is 0 Å². The molecule has 0 aromatic carbocycles. The summed E-state index contributed by atoms with van der Waals surface area (Å²) in [5.74, 6) is -0.261. The van der Waals surface area contributed by atoms with Gasteiger partial charge in [0.2, 0.25) is 5.91 Å². The lowest BCUT2D eigenvalue weighted by Gasteiger charge is -2.05. The van der Waals surface area contributed by atoms with Gasteiger partial charge in [-0.25, -0.2) is 4.79 Å². The van der Waals surface area contributed by atoms with E-state index in [1.54, 1.807) is 13.8 Å². The molecule has 0 aromatic heterocycles. The Hall–Kier alpha value is -1.58. The third-order valence-corrected chi connectivity index (χ3v) is 7.78. The van der Waals surface area contributed by atoms with E-state index in [4.69, 9.17) is 4.74 Å². The van der Waals surface area contributed by atoms with Gasteiger partial charge in [-0.2, -0.15) is 0 Å². The molecule has 0 aliphatic rings.